The number of hydrogen-bond acceptors (Lipinski definition) is 6. The van der Waals surface area contributed by atoms with Gasteiger partial charge in [-0.2, -0.15) is 0 Å². The fourth-order valence-corrected chi connectivity index (χ4v) is 5.26. The third kappa shape index (κ3) is 7.39. The topological polar surface area (TPSA) is 124 Å². The summed E-state index contributed by atoms with van der Waals surface area (Å²) in [6.45, 7) is 11.4. The Bertz CT molecular complexity index is 789. The zero-order chi connectivity index (χ0) is 25.5. The lowest BCUT2D eigenvalue weighted by Gasteiger charge is -2.43. The van der Waals surface area contributed by atoms with Gasteiger partial charge in [-0.15, -0.1) is 13.2 Å². The summed E-state index contributed by atoms with van der Waals surface area (Å²) in [7, 11) is 0. The maximum Gasteiger partial charge on any atom is 0.312 e. The van der Waals surface area contributed by atoms with Crippen LogP contribution in [0, 0.1) is 23.2 Å². The molecule has 2 rings (SSSR count). The lowest BCUT2D eigenvalue weighted by Crippen LogP contribution is -2.44. The van der Waals surface area contributed by atoms with E-state index in [4.69, 9.17) is 9.84 Å². The Morgan fingerprint density at radius 2 is 1.88 bits per heavy atom. The molecule has 34 heavy (non-hydrogen) atoms. The Kier molecular flexibility index (Phi) is 10.3. The molecule has 0 saturated heterocycles. The highest BCUT2D eigenvalue weighted by Crippen LogP contribution is 2.44. The van der Waals surface area contributed by atoms with E-state index in [2.05, 4.69) is 26.2 Å². The molecule has 0 bridgehead atoms. The first kappa shape index (κ1) is 28.0. The molecule has 0 saturated carbocycles. The molecule has 4 N–H and O–H groups in total. The average Bonchev–Trinajstić information content (AvgIpc) is 2.72. The maximum atomic E-state index is 13.2. The van der Waals surface area contributed by atoms with Crippen LogP contribution in [0.15, 0.2) is 49.1 Å². The monoisotopic (exact) mass is 476 g/mol. The first-order valence-corrected chi connectivity index (χ1v) is 12.1. The molecule has 2 aliphatic rings. The predicted octanol–water partition coefficient (Wildman–Crippen LogP) is 3.55. The number of carboxylic acids is 1. The van der Waals surface area contributed by atoms with Crippen LogP contribution in [-0.2, 0) is 14.3 Å². The summed E-state index contributed by atoms with van der Waals surface area (Å²) in [6.07, 6.45) is 7.87. The molecule has 0 heterocycles. The molecule has 7 nitrogen and oxygen atoms in total. The highest BCUT2D eigenvalue weighted by molar-refractivity contribution is 5.77. The van der Waals surface area contributed by atoms with Crippen molar-refractivity contribution in [3.8, 4) is 0 Å². The molecule has 0 amide bonds. The third-order valence-corrected chi connectivity index (χ3v) is 7.10. The van der Waals surface area contributed by atoms with Gasteiger partial charge in [-0.3, -0.25) is 9.59 Å². The number of carbonyl (C=O) groups excluding carboxylic acids is 1. The fourth-order valence-electron chi connectivity index (χ4n) is 5.26. The zero-order valence-corrected chi connectivity index (χ0v) is 20.3. The van der Waals surface area contributed by atoms with Crippen molar-refractivity contribution in [2.24, 2.45) is 23.2 Å². The summed E-state index contributed by atoms with van der Waals surface area (Å²) in [5.74, 6) is -1.37. The summed E-state index contributed by atoms with van der Waals surface area (Å²) >= 11 is 0. The van der Waals surface area contributed by atoms with E-state index in [0.717, 1.165) is 5.57 Å². The SMILES string of the molecule is C=CCC(C)(CC=C)C(=O)OC1CC(O)C=C2C=CC(C)C(CCC(O)CC(O)CC(=O)O)C21. The number of aliphatic carboxylic acids is 1. The molecular weight excluding hydrogens is 436 g/mol. The van der Waals surface area contributed by atoms with Crippen LogP contribution in [0.4, 0.5) is 0 Å². The Labute approximate surface area is 202 Å². The summed E-state index contributed by atoms with van der Waals surface area (Å²) in [5, 5.41) is 39.5. The van der Waals surface area contributed by atoms with E-state index in [1.165, 1.54) is 0 Å². The number of fused-ring (bicyclic) bond motifs is 1. The second-order valence-electron chi connectivity index (χ2n) is 10.1. The minimum Gasteiger partial charge on any atom is -0.481 e. The summed E-state index contributed by atoms with van der Waals surface area (Å²) in [4.78, 5) is 24.0. The van der Waals surface area contributed by atoms with Gasteiger partial charge in [-0.05, 0) is 56.4 Å². The van der Waals surface area contributed by atoms with Crippen molar-refractivity contribution in [3.63, 3.8) is 0 Å². The van der Waals surface area contributed by atoms with Crippen molar-refractivity contribution in [1.82, 2.24) is 0 Å². The highest BCUT2D eigenvalue weighted by Gasteiger charge is 2.44. The smallest absolute Gasteiger partial charge is 0.312 e. The van der Waals surface area contributed by atoms with Gasteiger partial charge in [-0.25, -0.2) is 0 Å². The summed E-state index contributed by atoms with van der Waals surface area (Å²) in [6, 6.07) is 0. The van der Waals surface area contributed by atoms with Crippen LogP contribution in [0.25, 0.3) is 0 Å². The largest absolute Gasteiger partial charge is 0.481 e. The van der Waals surface area contributed by atoms with Gasteiger partial charge < -0.3 is 25.2 Å². The van der Waals surface area contributed by atoms with E-state index in [0.29, 0.717) is 32.1 Å². The van der Waals surface area contributed by atoms with Gasteiger partial charge in [0.15, 0.2) is 0 Å². The Morgan fingerprint density at radius 3 is 2.47 bits per heavy atom. The third-order valence-electron chi connectivity index (χ3n) is 7.10. The first-order valence-electron chi connectivity index (χ1n) is 12.1. The number of carbonyl (C=O) groups is 2. The second kappa shape index (κ2) is 12.5. The lowest BCUT2D eigenvalue weighted by molar-refractivity contribution is -0.166. The van der Waals surface area contributed by atoms with E-state index in [1.807, 2.05) is 19.1 Å². The molecule has 7 atom stereocenters. The van der Waals surface area contributed by atoms with Crippen molar-refractivity contribution in [2.45, 2.75) is 83.2 Å². The first-order chi connectivity index (χ1) is 16.0. The number of hydrogen-bond donors (Lipinski definition) is 4. The van der Waals surface area contributed by atoms with Crippen molar-refractivity contribution >= 4 is 11.9 Å². The zero-order valence-electron chi connectivity index (χ0n) is 20.3. The number of allylic oxidation sites excluding steroid dienone is 4. The van der Waals surface area contributed by atoms with Crippen molar-refractivity contribution in [3.05, 3.63) is 49.1 Å². The van der Waals surface area contributed by atoms with Gasteiger partial charge in [0.25, 0.3) is 0 Å². The molecule has 2 aliphatic carbocycles. The predicted molar refractivity (Wildman–Crippen MR) is 130 cm³/mol. The average molecular weight is 477 g/mol. The molecule has 7 heteroatoms. The van der Waals surface area contributed by atoms with E-state index in [9.17, 15) is 24.9 Å². The van der Waals surface area contributed by atoms with Crippen LogP contribution < -0.4 is 0 Å². The van der Waals surface area contributed by atoms with Crippen LogP contribution in [0.2, 0.25) is 0 Å². The van der Waals surface area contributed by atoms with Crippen LogP contribution in [0.3, 0.4) is 0 Å². The highest BCUT2D eigenvalue weighted by atomic mass is 16.5. The number of aliphatic hydroxyl groups is 3. The van der Waals surface area contributed by atoms with Gasteiger partial charge in [0.2, 0.25) is 0 Å². The van der Waals surface area contributed by atoms with Crippen LogP contribution >= 0.6 is 0 Å². The Morgan fingerprint density at radius 1 is 1.24 bits per heavy atom. The molecule has 0 aromatic carbocycles. The molecule has 190 valence electrons. The minimum atomic E-state index is -1.11. The van der Waals surface area contributed by atoms with Gasteiger partial charge in [0, 0.05) is 12.3 Å². The quantitative estimate of drug-likeness (QED) is 0.237. The van der Waals surface area contributed by atoms with Crippen molar-refractivity contribution in [1.29, 1.82) is 0 Å². The van der Waals surface area contributed by atoms with Gasteiger partial charge in [-0.1, -0.05) is 37.3 Å². The summed E-state index contributed by atoms with van der Waals surface area (Å²) < 4.78 is 6.06. The normalized spacial score (nSPS) is 28.3. The van der Waals surface area contributed by atoms with Gasteiger partial charge in [0.05, 0.1) is 30.1 Å². The van der Waals surface area contributed by atoms with Gasteiger partial charge in [0.1, 0.15) is 6.10 Å². The molecule has 0 aliphatic heterocycles. The maximum absolute atomic E-state index is 13.2. The Hall–Kier alpha value is -2.22. The molecule has 0 spiro atoms. The van der Waals surface area contributed by atoms with E-state index < -0.39 is 42.2 Å². The number of aliphatic hydroxyl groups excluding tert-OH is 3. The molecule has 0 fully saturated rings. The molecular formula is C27H40O7. The minimum absolute atomic E-state index is 0.00477. The second-order valence-corrected chi connectivity index (χ2v) is 10.1. The lowest BCUT2D eigenvalue weighted by atomic mass is 9.66. The molecule has 0 aromatic rings. The number of carboxylic acid groups (broad SMARTS) is 1. The molecule has 7 unspecified atom stereocenters. The standard InChI is InChI=1S/C27H40O7/c1-5-11-27(4,12-6-2)26(33)34-23-15-20(29)13-18-8-7-17(3)22(25(18)23)10-9-19(28)14-21(30)16-24(31)32/h5-8,13,17,19-23,25,28-30H,1-2,9-12,14-16H2,3-4H3,(H,31,32). The van der Waals surface area contributed by atoms with Crippen molar-refractivity contribution in [2.75, 3.05) is 0 Å². The number of rotatable bonds is 13. The van der Waals surface area contributed by atoms with Crippen LogP contribution in [0.1, 0.15) is 58.8 Å². The molecule has 0 radical (unpaired) electrons. The van der Waals surface area contributed by atoms with E-state index in [-0.39, 0.29) is 30.1 Å². The Balaban J connectivity index is 2.18. The molecule has 0 aromatic heterocycles. The summed E-state index contributed by atoms with van der Waals surface area (Å²) in [5.41, 5.74) is 0.145. The van der Waals surface area contributed by atoms with Gasteiger partial charge >= 0.3 is 11.9 Å². The van der Waals surface area contributed by atoms with Crippen molar-refractivity contribution < 1.29 is 34.8 Å². The van der Waals surface area contributed by atoms with E-state index >= 15 is 0 Å². The number of ether oxygens (including phenoxy) is 1. The number of esters is 1. The fraction of sp³-hybridized carbons (Fsp3) is 0.630. The van der Waals surface area contributed by atoms with Crippen LogP contribution in [0.5, 0.6) is 0 Å². The van der Waals surface area contributed by atoms with E-state index in [1.54, 1.807) is 12.2 Å². The van der Waals surface area contributed by atoms with Crippen LogP contribution in [-0.4, -0.2) is 56.8 Å².